The molecule has 0 saturated heterocycles. The second kappa shape index (κ2) is 8.61. The van der Waals surface area contributed by atoms with E-state index in [1.54, 1.807) is 6.92 Å². The lowest BCUT2D eigenvalue weighted by Gasteiger charge is -2.25. The van der Waals surface area contributed by atoms with Gasteiger partial charge in [-0.25, -0.2) is 9.18 Å². The standard InChI is InChI=1S/C17H22FN5O2S/c1-3-5-10-23-14(19)13(15(24)21-16(23)25)22(4-2)17(26)20-12-8-6-11(18)7-9-12/h6-9H,3-5,10,19H2,1-2H3,(H,20,26)(H,21,24,25). The lowest BCUT2D eigenvalue weighted by atomic mass is 10.3. The molecule has 140 valence electrons. The van der Waals surface area contributed by atoms with Gasteiger partial charge in [0.25, 0.3) is 5.56 Å². The molecule has 4 N–H and O–H groups in total. The first-order valence-corrected chi connectivity index (χ1v) is 8.76. The number of nitrogen functional groups attached to an aromatic ring is 1. The Morgan fingerprint density at radius 3 is 2.54 bits per heavy atom. The van der Waals surface area contributed by atoms with Gasteiger partial charge in [0.1, 0.15) is 11.6 Å². The minimum absolute atomic E-state index is 0.0670. The third-order valence-electron chi connectivity index (χ3n) is 3.88. The van der Waals surface area contributed by atoms with E-state index in [-0.39, 0.29) is 22.4 Å². The van der Waals surface area contributed by atoms with Gasteiger partial charge in [0.15, 0.2) is 10.8 Å². The SMILES string of the molecule is CCCCn1c(N)c(N(CC)C(=S)Nc2ccc(F)cc2)c(=O)[nH]c1=O. The molecular formula is C17H22FN5O2S. The first-order chi connectivity index (χ1) is 12.4. The van der Waals surface area contributed by atoms with Crippen molar-refractivity contribution in [3.05, 3.63) is 50.9 Å². The molecule has 0 bridgehead atoms. The van der Waals surface area contributed by atoms with Gasteiger partial charge in [0.2, 0.25) is 0 Å². The lowest BCUT2D eigenvalue weighted by Crippen LogP contribution is -2.42. The normalized spacial score (nSPS) is 10.6. The van der Waals surface area contributed by atoms with Crippen LogP contribution in [0.3, 0.4) is 0 Å². The first-order valence-electron chi connectivity index (χ1n) is 8.35. The average Bonchev–Trinajstić information content (AvgIpc) is 2.60. The van der Waals surface area contributed by atoms with Gasteiger partial charge < -0.3 is 16.0 Å². The van der Waals surface area contributed by atoms with E-state index in [0.717, 1.165) is 12.8 Å². The van der Waals surface area contributed by atoms with Crippen molar-refractivity contribution in [2.75, 3.05) is 22.5 Å². The summed E-state index contributed by atoms with van der Waals surface area (Å²) in [6.07, 6.45) is 1.63. The topological polar surface area (TPSA) is 96.2 Å². The van der Waals surface area contributed by atoms with Gasteiger partial charge in [-0.3, -0.25) is 14.3 Å². The number of H-pyrrole nitrogens is 1. The van der Waals surface area contributed by atoms with E-state index in [4.69, 9.17) is 18.0 Å². The van der Waals surface area contributed by atoms with Gasteiger partial charge >= 0.3 is 5.69 Å². The van der Waals surface area contributed by atoms with E-state index < -0.39 is 11.2 Å². The van der Waals surface area contributed by atoms with Crippen LogP contribution in [0.15, 0.2) is 33.9 Å². The Bertz CT molecular complexity index is 892. The summed E-state index contributed by atoms with van der Waals surface area (Å²) >= 11 is 5.38. The van der Waals surface area contributed by atoms with Crippen molar-refractivity contribution in [1.29, 1.82) is 0 Å². The molecule has 26 heavy (non-hydrogen) atoms. The van der Waals surface area contributed by atoms with Crippen molar-refractivity contribution >= 4 is 34.5 Å². The Balaban J connectivity index is 2.39. The Kier molecular flexibility index (Phi) is 6.51. The van der Waals surface area contributed by atoms with E-state index in [0.29, 0.717) is 18.8 Å². The molecule has 0 spiro atoms. The maximum Gasteiger partial charge on any atom is 0.330 e. The zero-order valence-electron chi connectivity index (χ0n) is 14.7. The molecule has 0 aliphatic rings. The second-order valence-corrected chi connectivity index (χ2v) is 6.07. The van der Waals surface area contributed by atoms with E-state index in [1.165, 1.54) is 33.7 Å². The fourth-order valence-electron chi connectivity index (χ4n) is 2.50. The molecule has 0 aliphatic heterocycles. The average molecular weight is 379 g/mol. The number of hydrogen-bond acceptors (Lipinski definition) is 4. The smallest absolute Gasteiger partial charge is 0.330 e. The number of thiocarbonyl (C=S) groups is 1. The summed E-state index contributed by atoms with van der Waals surface area (Å²) in [5.41, 5.74) is 5.66. The zero-order chi connectivity index (χ0) is 19.3. The summed E-state index contributed by atoms with van der Waals surface area (Å²) in [5, 5.41) is 3.16. The Hall–Kier alpha value is -2.68. The number of halogens is 1. The number of unbranched alkanes of at least 4 members (excludes halogenated alkanes) is 1. The fraction of sp³-hybridized carbons (Fsp3) is 0.353. The quantitative estimate of drug-likeness (QED) is 0.667. The van der Waals surface area contributed by atoms with Crippen LogP contribution >= 0.6 is 12.2 Å². The predicted molar refractivity (Wildman–Crippen MR) is 106 cm³/mol. The van der Waals surface area contributed by atoms with E-state index >= 15 is 0 Å². The van der Waals surface area contributed by atoms with E-state index in [9.17, 15) is 14.0 Å². The summed E-state index contributed by atoms with van der Waals surface area (Å²) in [6, 6.07) is 5.66. The van der Waals surface area contributed by atoms with Gasteiger partial charge in [-0.2, -0.15) is 0 Å². The van der Waals surface area contributed by atoms with Gasteiger partial charge in [-0.1, -0.05) is 13.3 Å². The number of anilines is 3. The van der Waals surface area contributed by atoms with Crippen molar-refractivity contribution in [2.45, 2.75) is 33.2 Å². The lowest BCUT2D eigenvalue weighted by molar-refractivity contribution is 0.604. The summed E-state index contributed by atoms with van der Waals surface area (Å²) in [4.78, 5) is 28.2. The van der Waals surface area contributed by atoms with Crippen LogP contribution in [0.2, 0.25) is 0 Å². The molecule has 0 atom stereocenters. The number of aromatic amines is 1. The molecule has 1 aromatic heterocycles. The van der Waals surface area contributed by atoms with Crippen molar-refractivity contribution in [1.82, 2.24) is 9.55 Å². The molecule has 0 amide bonds. The van der Waals surface area contributed by atoms with Crippen LogP contribution in [0.25, 0.3) is 0 Å². The predicted octanol–water partition coefficient (Wildman–Crippen LogP) is 2.28. The third kappa shape index (κ3) is 4.29. The molecular weight excluding hydrogens is 357 g/mol. The molecule has 1 aromatic carbocycles. The first kappa shape index (κ1) is 19.6. The number of nitrogens with zero attached hydrogens (tertiary/aromatic N) is 2. The highest BCUT2D eigenvalue weighted by atomic mass is 32.1. The molecule has 0 unspecified atom stereocenters. The van der Waals surface area contributed by atoms with Gasteiger partial charge in [0, 0.05) is 18.8 Å². The number of nitrogens with one attached hydrogen (secondary N) is 2. The highest BCUT2D eigenvalue weighted by Gasteiger charge is 2.20. The Labute approximate surface area is 155 Å². The van der Waals surface area contributed by atoms with Crippen molar-refractivity contribution in [3.63, 3.8) is 0 Å². The summed E-state index contributed by atoms with van der Waals surface area (Å²) in [6.45, 7) is 4.56. The van der Waals surface area contributed by atoms with Gasteiger partial charge in [-0.15, -0.1) is 0 Å². The molecule has 0 fully saturated rings. The molecule has 0 saturated carbocycles. The molecule has 2 aromatic rings. The van der Waals surface area contributed by atoms with E-state index in [1.807, 2.05) is 6.92 Å². The Morgan fingerprint density at radius 1 is 1.31 bits per heavy atom. The molecule has 9 heteroatoms. The molecule has 2 rings (SSSR count). The minimum atomic E-state index is -0.606. The monoisotopic (exact) mass is 379 g/mol. The van der Waals surface area contributed by atoms with Crippen molar-refractivity contribution in [3.8, 4) is 0 Å². The zero-order valence-corrected chi connectivity index (χ0v) is 15.5. The number of hydrogen-bond donors (Lipinski definition) is 3. The van der Waals surface area contributed by atoms with Crippen LogP contribution in [0.1, 0.15) is 26.7 Å². The molecule has 0 aliphatic carbocycles. The van der Waals surface area contributed by atoms with Crippen LogP contribution in [0.4, 0.5) is 21.6 Å². The van der Waals surface area contributed by atoms with Crippen LogP contribution in [0, 0.1) is 5.82 Å². The van der Waals surface area contributed by atoms with Crippen LogP contribution < -0.4 is 27.2 Å². The highest BCUT2D eigenvalue weighted by molar-refractivity contribution is 7.80. The van der Waals surface area contributed by atoms with Gasteiger partial charge in [-0.05, 0) is 49.8 Å². The molecule has 1 heterocycles. The molecule has 7 nitrogen and oxygen atoms in total. The Morgan fingerprint density at radius 2 is 1.96 bits per heavy atom. The maximum atomic E-state index is 13.0. The van der Waals surface area contributed by atoms with Gasteiger partial charge in [0.05, 0.1) is 0 Å². The fourth-order valence-corrected chi connectivity index (χ4v) is 2.84. The van der Waals surface area contributed by atoms with Crippen LogP contribution in [0.5, 0.6) is 0 Å². The number of benzene rings is 1. The number of aromatic nitrogens is 2. The van der Waals surface area contributed by atoms with Crippen LogP contribution in [-0.4, -0.2) is 21.2 Å². The summed E-state index contributed by atoms with van der Waals surface area (Å²) < 4.78 is 14.4. The number of rotatable bonds is 6. The van der Waals surface area contributed by atoms with E-state index in [2.05, 4.69) is 10.3 Å². The number of nitrogens with two attached hydrogens (primary N) is 1. The third-order valence-corrected chi connectivity index (χ3v) is 4.20. The highest BCUT2D eigenvalue weighted by Crippen LogP contribution is 2.19. The second-order valence-electron chi connectivity index (χ2n) is 5.68. The summed E-state index contributed by atoms with van der Waals surface area (Å²) in [7, 11) is 0. The van der Waals surface area contributed by atoms with Crippen LogP contribution in [-0.2, 0) is 6.54 Å². The molecule has 0 radical (unpaired) electrons. The largest absolute Gasteiger partial charge is 0.383 e. The summed E-state index contributed by atoms with van der Waals surface area (Å²) in [5.74, 6) is -0.296. The maximum absolute atomic E-state index is 13.0. The van der Waals surface area contributed by atoms with Crippen molar-refractivity contribution < 1.29 is 4.39 Å². The van der Waals surface area contributed by atoms with Crippen molar-refractivity contribution in [2.24, 2.45) is 0 Å². The minimum Gasteiger partial charge on any atom is -0.383 e.